The fraction of sp³-hybridized carbons (Fsp3) is 0.333. The highest BCUT2D eigenvalue weighted by Gasteiger charge is 2.15. The highest BCUT2D eigenvalue weighted by molar-refractivity contribution is 7.99. The number of hydrogen-bond acceptors (Lipinski definition) is 6. The lowest BCUT2D eigenvalue weighted by atomic mass is 10.3. The van der Waals surface area contributed by atoms with E-state index < -0.39 is 11.9 Å². The molecule has 3 amide bonds. The van der Waals surface area contributed by atoms with Gasteiger partial charge in [0.05, 0.1) is 5.75 Å². The molecule has 8 nitrogen and oxygen atoms in total. The van der Waals surface area contributed by atoms with Crippen LogP contribution in [-0.2, 0) is 17.9 Å². The molecule has 0 saturated heterocycles. The van der Waals surface area contributed by atoms with Crippen molar-refractivity contribution < 1.29 is 18.7 Å². The number of nitrogens with zero attached hydrogens (tertiary/aromatic N) is 3. The summed E-state index contributed by atoms with van der Waals surface area (Å²) in [6.45, 7) is 6.67. The molecule has 2 rings (SSSR count). The molecule has 150 valence electrons. The smallest absolute Gasteiger partial charge is 0.321 e. The first kappa shape index (κ1) is 21.4. The molecular formula is C18H22FN5O3S. The van der Waals surface area contributed by atoms with Crippen LogP contribution in [0.2, 0.25) is 0 Å². The highest BCUT2D eigenvalue weighted by atomic mass is 32.2. The van der Waals surface area contributed by atoms with E-state index >= 15 is 0 Å². The van der Waals surface area contributed by atoms with Gasteiger partial charge in [-0.2, -0.15) is 0 Å². The molecule has 0 aliphatic heterocycles. The van der Waals surface area contributed by atoms with E-state index in [-0.39, 0.29) is 18.2 Å². The number of benzene rings is 1. The zero-order valence-corrected chi connectivity index (χ0v) is 16.3. The first-order chi connectivity index (χ1) is 13.5. The Morgan fingerprint density at radius 2 is 2.07 bits per heavy atom. The van der Waals surface area contributed by atoms with Crippen molar-refractivity contribution in [1.29, 1.82) is 0 Å². The number of carbonyl (C=O) groups is 2. The molecule has 1 aromatic heterocycles. The van der Waals surface area contributed by atoms with Gasteiger partial charge in [-0.3, -0.25) is 14.7 Å². The number of carbonyl (C=O) groups excluding carboxylic acids is 2. The highest BCUT2D eigenvalue weighted by Crippen LogP contribution is 2.19. The van der Waals surface area contributed by atoms with E-state index in [9.17, 15) is 14.0 Å². The Morgan fingerprint density at radius 1 is 1.32 bits per heavy atom. The first-order valence-electron chi connectivity index (χ1n) is 8.65. The molecule has 1 aromatic carbocycles. The predicted octanol–water partition coefficient (Wildman–Crippen LogP) is 2.51. The van der Waals surface area contributed by atoms with E-state index in [0.717, 1.165) is 18.2 Å². The SMILES string of the molecule is C=CCn1c(COc2ccc(F)cc2)nnc1SCC(=O)NC(=O)NCCC. The van der Waals surface area contributed by atoms with E-state index in [4.69, 9.17) is 4.74 Å². The number of rotatable bonds is 10. The van der Waals surface area contributed by atoms with Gasteiger partial charge in [0, 0.05) is 13.1 Å². The zero-order valence-electron chi connectivity index (χ0n) is 15.5. The number of urea groups is 1. The molecule has 0 spiro atoms. The third kappa shape index (κ3) is 6.69. The number of amides is 3. The quantitative estimate of drug-likeness (QED) is 0.464. The van der Waals surface area contributed by atoms with E-state index in [1.54, 1.807) is 10.6 Å². The molecule has 0 aliphatic carbocycles. The van der Waals surface area contributed by atoms with Crippen molar-refractivity contribution >= 4 is 23.7 Å². The Balaban J connectivity index is 1.93. The molecule has 10 heteroatoms. The van der Waals surface area contributed by atoms with Gasteiger partial charge < -0.3 is 10.1 Å². The number of allylic oxidation sites excluding steroid dienone is 1. The third-order valence-corrected chi connectivity index (χ3v) is 4.37. The van der Waals surface area contributed by atoms with Gasteiger partial charge in [-0.25, -0.2) is 9.18 Å². The number of halogens is 1. The minimum Gasteiger partial charge on any atom is -0.486 e. The fourth-order valence-corrected chi connectivity index (χ4v) is 2.87. The number of ether oxygens (including phenoxy) is 1. The van der Waals surface area contributed by atoms with Crippen LogP contribution in [0.4, 0.5) is 9.18 Å². The maximum atomic E-state index is 13.0. The summed E-state index contributed by atoms with van der Waals surface area (Å²) < 4.78 is 20.3. The minimum atomic E-state index is -0.520. The average Bonchev–Trinajstić information content (AvgIpc) is 3.06. The topological polar surface area (TPSA) is 98.1 Å². The Hall–Kier alpha value is -2.88. The summed E-state index contributed by atoms with van der Waals surface area (Å²) in [6.07, 6.45) is 2.46. The second-order valence-corrected chi connectivity index (χ2v) is 6.58. The molecule has 0 radical (unpaired) electrons. The van der Waals surface area contributed by atoms with Gasteiger partial charge in [0.25, 0.3) is 0 Å². The van der Waals surface area contributed by atoms with Gasteiger partial charge in [0.1, 0.15) is 18.2 Å². The summed E-state index contributed by atoms with van der Waals surface area (Å²) in [5, 5.41) is 13.5. The summed E-state index contributed by atoms with van der Waals surface area (Å²) in [7, 11) is 0. The molecule has 0 unspecified atom stereocenters. The van der Waals surface area contributed by atoms with Crippen molar-refractivity contribution in [3.63, 3.8) is 0 Å². The molecule has 0 saturated carbocycles. The molecule has 28 heavy (non-hydrogen) atoms. The second-order valence-electron chi connectivity index (χ2n) is 5.63. The predicted molar refractivity (Wildman–Crippen MR) is 104 cm³/mol. The van der Waals surface area contributed by atoms with Crippen LogP contribution >= 0.6 is 11.8 Å². The molecule has 0 atom stereocenters. The number of nitrogens with one attached hydrogen (secondary N) is 2. The van der Waals surface area contributed by atoms with Crippen molar-refractivity contribution in [2.45, 2.75) is 31.7 Å². The number of imide groups is 1. The molecule has 1 heterocycles. The lowest BCUT2D eigenvalue weighted by Crippen LogP contribution is -2.40. The van der Waals surface area contributed by atoms with Gasteiger partial charge in [-0.05, 0) is 30.7 Å². The van der Waals surface area contributed by atoms with Gasteiger partial charge in [-0.15, -0.1) is 16.8 Å². The maximum absolute atomic E-state index is 13.0. The number of hydrogen-bond donors (Lipinski definition) is 2. The molecule has 0 fully saturated rings. The summed E-state index contributed by atoms with van der Waals surface area (Å²) in [4.78, 5) is 23.4. The monoisotopic (exact) mass is 407 g/mol. The van der Waals surface area contributed by atoms with E-state index in [1.165, 1.54) is 24.3 Å². The van der Waals surface area contributed by atoms with Gasteiger partial charge in [-0.1, -0.05) is 24.8 Å². The Kier molecular flexibility index (Phi) is 8.47. The maximum Gasteiger partial charge on any atom is 0.321 e. The fourth-order valence-electron chi connectivity index (χ4n) is 2.10. The Labute approximate surface area is 166 Å². The van der Waals surface area contributed by atoms with Crippen LogP contribution in [0.25, 0.3) is 0 Å². The van der Waals surface area contributed by atoms with Crippen molar-refractivity contribution in [2.24, 2.45) is 0 Å². The molecular weight excluding hydrogens is 385 g/mol. The van der Waals surface area contributed by atoms with E-state index in [0.29, 0.717) is 29.8 Å². The van der Waals surface area contributed by atoms with E-state index in [1.807, 2.05) is 6.92 Å². The third-order valence-electron chi connectivity index (χ3n) is 3.41. The standard InChI is InChI=1S/C18H22FN5O3S/c1-3-9-20-17(26)21-16(25)12-28-18-23-22-15(24(18)10-4-2)11-27-14-7-5-13(19)6-8-14/h4-8H,2-3,9-12H2,1H3,(H2,20,21,25,26). The largest absolute Gasteiger partial charge is 0.486 e. The Morgan fingerprint density at radius 3 is 2.75 bits per heavy atom. The molecule has 0 aliphatic rings. The van der Waals surface area contributed by atoms with Gasteiger partial charge >= 0.3 is 6.03 Å². The first-order valence-corrected chi connectivity index (χ1v) is 9.63. The van der Waals surface area contributed by atoms with E-state index in [2.05, 4.69) is 27.4 Å². The minimum absolute atomic E-state index is 0.00758. The Bertz CT molecular complexity index is 810. The van der Waals surface area contributed by atoms with Crippen molar-refractivity contribution in [1.82, 2.24) is 25.4 Å². The molecule has 2 aromatic rings. The van der Waals surface area contributed by atoms with Crippen molar-refractivity contribution in [3.8, 4) is 5.75 Å². The van der Waals surface area contributed by atoms with Crippen molar-refractivity contribution in [2.75, 3.05) is 12.3 Å². The summed E-state index contributed by atoms with van der Waals surface area (Å²) in [5.74, 6) is 0.264. The van der Waals surface area contributed by atoms with Crippen LogP contribution in [-0.4, -0.2) is 39.0 Å². The van der Waals surface area contributed by atoms with Crippen LogP contribution < -0.4 is 15.4 Å². The van der Waals surface area contributed by atoms with Crippen LogP contribution in [0.3, 0.4) is 0 Å². The molecule has 0 bridgehead atoms. The lowest BCUT2D eigenvalue weighted by molar-refractivity contribution is -0.117. The summed E-state index contributed by atoms with van der Waals surface area (Å²) in [5.41, 5.74) is 0. The van der Waals surface area contributed by atoms with Gasteiger partial charge in [0.2, 0.25) is 5.91 Å². The second kappa shape index (κ2) is 11.1. The average molecular weight is 407 g/mol. The number of thioether (sulfide) groups is 1. The van der Waals surface area contributed by atoms with Crippen LogP contribution in [0.15, 0.2) is 42.1 Å². The normalized spacial score (nSPS) is 10.4. The zero-order chi connectivity index (χ0) is 20.4. The van der Waals surface area contributed by atoms with Crippen LogP contribution in [0, 0.1) is 5.82 Å². The van der Waals surface area contributed by atoms with Crippen LogP contribution in [0.5, 0.6) is 5.75 Å². The summed E-state index contributed by atoms with van der Waals surface area (Å²) >= 11 is 1.15. The van der Waals surface area contributed by atoms with Gasteiger partial charge in [0.15, 0.2) is 11.0 Å². The number of aromatic nitrogens is 3. The van der Waals surface area contributed by atoms with Crippen LogP contribution in [0.1, 0.15) is 19.2 Å². The summed E-state index contributed by atoms with van der Waals surface area (Å²) in [6, 6.07) is 5.13. The molecule has 2 N–H and O–H groups in total. The van der Waals surface area contributed by atoms with Crippen molar-refractivity contribution in [3.05, 3.63) is 48.6 Å². The lowest BCUT2D eigenvalue weighted by Gasteiger charge is -2.09.